The monoisotopic (exact) mass is 740 g/mol. The second-order valence-corrected chi connectivity index (χ2v) is 10.1. The largest absolute Gasteiger partial charge is 0.399 e. The van der Waals surface area contributed by atoms with Gasteiger partial charge in [-0.15, -0.1) is 24.8 Å². The summed E-state index contributed by atoms with van der Waals surface area (Å²) < 4.78 is 12.4. The summed E-state index contributed by atoms with van der Waals surface area (Å²) in [4.78, 5) is 19.8. The molecule has 49 heavy (non-hydrogen) atoms. The molecule has 3 rings (SSSR count). The summed E-state index contributed by atoms with van der Waals surface area (Å²) in [5, 5.41) is 78.2. The van der Waals surface area contributed by atoms with E-state index in [1.165, 1.54) is 13.0 Å². The summed E-state index contributed by atoms with van der Waals surface area (Å²) in [6.45, 7) is 4.16. The molecule has 0 atom stereocenters. The van der Waals surface area contributed by atoms with Crippen LogP contribution in [0.4, 0.5) is 32.8 Å². The molecule has 0 aliphatic heterocycles. The van der Waals surface area contributed by atoms with Gasteiger partial charge in [0.1, 0.15) is 5.82 Å². The number of hydrogen-bond donors (Lipinski definition) is 10. The van der Waals surface area contributed by atoms with Gasteiger partial charge < -0.3 is 52.7 Å². The van der Waals surface area contributed by atoms with Crippen LogP contribution in [-0.2, 0) is 0 Å². The molecular formula is C30H47Cl2FN6O10. The van der Waals surface area contributed by atoms with Gasteiger partial charge in [0.25, 0.3) is 11.4 Å². The molecule has 0 amide bonds. The number of benzene rings is 3. The Balaban J connectivity index is -0.000000594. The minimum absolute atomic E-state index is 0. The molecule has 0 saturated carbocycles. The smallest absolute Gasteiger partial charge is 0.272 e. The van der Waals surface area contributed by atoms with Crippen LogP contribution in [-0.4, -0.2) is 98.3 Å². The van der Waals surface area contributed by atoms with E-state index in [0.29, 0.717) is 16.8 Å². The van der Waals surface area contributed by atoms with Crippen LogP contribution in [0.2, 0.25) is 0 Å². The van der Waals surface area contributed by atoms with Gasteiger partial charge in [-0.25, -0.2) is 4.39 Å². The standard InChI is InChI=1S/C10H14N2O4.C10H16N2O2.C7H6FNO2.C3H9NO2.2ClH/c1-7-4-8(11-9(5-13)6-14)2-3-10(7)12(15)16;1-7-4-8(2-3-10(7)11)12-9(5-13)6-14;1-5-4-6(8)2-3-7(5)9(10)11;4-3(1-5)2-6;;/h2-4,9,11,13-14H,5-6H2,1H3;2-4,9,12-14H,5-6,11H2,1H3;2-4H,1H3;3,5-6H,1-2,4H2;2*1H. The van der Waals surface area contributed by atoms with Crippen LogP contribution in [0.25, 0.3) is 0 Å². The Morgan fingerprint density at radius 1 is 0.653 bits per heavy atom. The number of nitrogen functional groups attached to an aromatic ring is 1. The zero-order chi connectivity index (χ0) is 36.1. The van der Waals surface area contributed by atoms with Gasteiger partial charge in [0.2, 0.25) is 0 Å². The number of aliphatic hydroxyl groups is 6. The first kappa shape index (κ1) is 49.5. The number of nitrogens with two attached hydrogens (primary N) is 2. The van der Waals surface area contributed by atoms with Gasteiger partial charge in [0, 0.05) is 40.3 Å². The Labute approximate surface area is 295 Å². The van der Waals surface area contributed by atoms with Crippen molar-refractivity contribution in [3.05, 3.63) is 97.3 Å². The van der Waals surface area contributed by atoms with Crippen molar-refractivity contribution in [2.75, 3.05) is 56.0 Å². The number of anilines is 3. The number of nitrogens with one attached hydrogen (secondary N) is 2. The fourth-order valence-corrected chi connectivity index (χ4v) is 3.37. The van der Waals surface area contributed by atoms with E-state index < -0.39 is 27.7 Å². The van der Waals surface area contributed by atoms with Crippen molar-refractivity contribution in [1.29, 1.82) is 0 Å². The summed E-state index contributed by atoms with van der Waals surface area (Å²) in [7, 11) is 0. The molecule has 3 aromatic carbocycles. The summed E-state index contributed by atoms with van der Waals surface area (Å²) >= 11 is 0. The molecule has 3 aromatic rings. The average Bonchev–Trinajstić information content (AvgIpc) is 3.04. The van der Waals surface area contributed by atoms with Crippen LogP contribution in [0, 0.1) is 46.8 Å². The zero-order valence-electron chi connectivity index (χ0n) is 27.2. The second-order valence-electron chi connectivity index (χ2n) is 10.1. The number of rotatable bonds is 12. The molecule has 0 aliphatic carbocycles. The van der Waals surface area contributed by atoms with Crippen LogP contribution in [0.3, 0.4) is 0 Å². The molecule has 0 fully saturated rings. The van der Waals surface area contributed by atoms with Crippen LogP contribution < -0.4 is 22.1 Å². The first-order chi connectivity index (χ1) is 22.2. The minimum atomic E-state index is -0.533. The third-order valence-electron chi connectivity index (χ3n) is 6.11. The molecule has 12 N–H and O–H groups in total. The molecule has 19 heteroatoms. The molecule has 0 heterocycles. The lowest BCUT2D eigenvalue weighted by molar-refractivity contribution is -0.385. The lowest BCUT2D eigenvalue weighted by atomic mass is 10.1. The lowest BCUT2D eigenvalue weighted by Gasteiger charge is -2.15. The number of aliphatic hydroxyl groups excluding tert-OH is 6. The Kier molecular flexibility index (Phi) is 27.2. The summed E-state index contributed by atoms with van der Waals surface area (Å²) in [5.41, 5.74) is 14.7. The number of halogens is 3. The van der Waals surface area contributed by atoms with E-state index in [1.807, 2.05) is 19.1 Å². The van der Waals surface area contributed by atoms with Gasteiger partial charge in [0.05, 0.1) is 67.6 Å². The Hall–Kier alpha value is -3.91. The maximum absolute atomic E-state index is 12.4. The summed E-state index contributed by atoms with van der Waals surface area (Å²) in [6, 6.07) is 12.2. The van der Waals surface area contributed by atoms with Crippen molar-refractivity contribution in [2.24, 2.45) is 5.73 Å². The molecule has 0 aromatic heterocycles. The average molecular weight is 742 g/mol. The third kappa shape index (κ3) is 19.6. The molecule has 278 valence electrons. The van der Waals surface area contributed by atoms with Crippen LogP contribution >= 0.6 is 24.8 Å². The van der Waals surface area contributed by atoms with E-state index in [9.17, 15) is 24.6 Å². The third-order valence-corrected chi connectivity index (χ3v) is 6.11. The van der Waals surface area contributed by atoms with Gasteiger partial charge in [-0.3, -0.25) is 20.2 Å². The molecule has 0 radical (unpaired) electrons. The van der Waals surface area contributed by atoms with Gasteiger partial charge >= 0.3 is 0 Å². The molecular weight excluding hydrogens is 694 g/mol. The molecule has 16 nitrogen and oxygen atoms in total. The topological polar surface area (TPSA) is 284 Å². The Morgan fingerprint density at radius 2 is 1.02 bits per heavy atom. The predicted octanol–water partition coefficient (Wildman–Crippen LogP) is 2.19. The van der Waals surface area contributed by atoms with Crippen molar-refractivity contribution in [3.8, 4) is 0 Å². The fraction of sp³-hybridized carbons (Fsp3) is 0.400. The first-order valence-electron chi connectivity index (χ1n) is 14.1. The quantitative estimate of drug-likeness (QED) is 0.0724. The lowest BCUT2D eigenvalue weighted by Crippen LogP contribution is -2.27. The molecule has 0 bridgehead atoms. The van der Waals surface area contributed by atoms with E-state index in [4.69, 9.17) is 42.1 Å². The van der Waals surface area contributed by atoms with Crippen LogP contribution in [0.15, 0.2) is 54.6 Å². The normalized spacial score (nSPS) is 9.84. The number of aryl methyl sites for hydroxylation is 3. The van der Waals surface area contributed by atoms with Gasteiger partial charge in [-0.2, -0.15) is 0 Å². The highest BCUT2D eigenvalue weighted by Gasteiger charge is 2.12. The first-order valence-corrected chi connectivity index (χ1v) is 14.1. The Morgan fingerprint density at radius 3 is 1.33 bits per heavy atom. The molecule has 0 saturated heterocycles. The number of nitro groups is 2. The van der Waals surface area contributed by atoms with Gasteiger partial charge in [-0.05, 0) is 68.8 Å². The van der Waals surface area contributed by atoms with Crippen molar-refractivity contribution in [2.45, 2.75) is 38.9 Å². The molecule has 0 aliphatic rings. The van der Waals surface area contributed by atoms with E-state index >= 15 is 0 Å². The maximum atomic E-state index is 12.4. The van der Waals surface area contributed by atoms with Crippen molar-refractivity contribution >= 4 is 53.3 Å². The summed E-state index contributed by atoms with van der Waals surface area (Å²) in [6.07, 6.45) is 0. The van der Waals surface area contributed by atoms with Crippen molar-refractivity contribution in [1.82, 2.24) is 0 Å². The zero-order valence-corrected chi connectivity index (χ0v) is 28.9. The van der Waals surface area contributed by atoms with E-state index in [1.54, 1.807) is 25.1 Å². The van der Waals surface area contributed by atoms with Crippen LogP contribution in [0.5, 0.6) is 0 Å². The fourth-order valence-electron chi connectivity index (χ4n) is 3.37. The Bertz CT molecular complexity index is 1390. The van der Waals surface area contributed by atoms with E-state index in [-0.39, 0.29) is 81.9 Å². The highest BCUT2D eigenvalue weighted by Crippen LogP contribution is 2.22. The molecule has 0 spiro atoms. The predicted molar refractivity (Wildman–Crippen MR) is 191 cm³/mol. The summed E-state index contributed by atoms with van der Waals surface area (Å²) in [5.74, 6) is -0.451. The second kappa shape index (κ2) is 27.0. The number of nitro benzene ring substituents is 2. The number of nitrogens with zero attached hydrogens (tertiary/aromatic N) is 2. The van der Waals surface area contributed by atoms with Gasteiger partial charge in [0.15, 0.2) is 0 Å². The highest BCUT2D eigenvalue weighted by molar-refractivity contribution is 5.85. The maximum Gasteiger partial charge on any atom is 0.272 e. The highest BCUT2D eigenvalue weighted by atomic mass is 35.5. The van der Waals surface area contributed by atoms with Crippen molar-refractivity contribution < 1.29 is 44.9 Å². The van der Waals surface area contributed by atoms with Gasteiger partial charge in [-0.1, -0.05) is 0 Å². The van der Waals surface area contributed by atoms with E-state index in [2.05, 4.69) is 10.6 Å². The van der Waals surface area contributed by atoms with E-state index in [0.717, 1.165) is 35.1 Å². The van der Waals surface area contributed by atoms with Crippen molar-refractivity contribution in [3.63, 3.8) is 0 Å². The molecule has 0 unspecified atom stereocenters. The minimum Gasteiger partial charge on any atom is -0.399 e. The SMILES string of the molecule is Cc1cc(F)ccc1[N+](=O)[O-].Cc1cc(NC(CO)CO)ccc1N.Cc1cc(NC(CO)CO)ccc1[N+](=O)[O-].Cl.Cl.NC(CO)CO. The van der Waals surface area contributed by atoms with Crippen LogP contribution in [0.1, 0.15) is 16.7 Å². The number of hydrogen-bond acceptors (Lipinski definition) is 14.